The highest BCUT2D eigenvalue weighted by Gasteiger charge is 2.02. The first-order valence-electron chi connectivity index (χ1n) is 3.81. The molecule has 62 valence electrons. The minimum Gasteiger partial charge on any atom is -0.303 e. The van der Waals surface area contributed by atoms with E-state index in [0.717, 1.165) is 11.8 Å². The third-order valence-corrected chi connectivity index (χ3v) is 2.01. The largest absolute Gasteiger partial charge is 0.303 e. The molecule has 0 aliphatic heterocycles. The lowest BCUT2D eigenvalue weighted by Gasteiger charge is -2.02. The van der Waals surface area contributed by atoms with E-state index >= 15 is 0 Å². The number of carbonyl (C=O) groups excluding carboxylic acids is 1. The quantitative estimate of drug-likeness (QED) is 0.518. The van der Waals surface area contributed by atoms with Crippen molar-refractivity contribution in [2.45, 2.75) is 6.42 Å². The molecule has 0 amide bonds. The zero-order valence-electron chi connectivity index (χ0n) is 6.64. The van der Waals surface area contributed by atoms with E-state index in [1.807, 2.05) is 30.3 Å². The molecule has 12 heavy (non-hydrogen) atoms. The van der Waals surface area contributed by atoms with Gasteiger partial charge in [0.25, 0.3) is 0 Å². The molecular formula is C10H10OS. The molecule has 1 aromatic carbocycles. The van der Waals surface area contributed by atoms with Crippen LogP contribution in [0.25, 0.3) is 0 Å². The molecule has 0 saturated heterocycles. The van der Waals surface area contributed by atoms with Gasteiger partial charge in [-0.25, -0.2) is 0 Å². The van der Waals surface area contributed by atoms with Gasteiger partial charge in [-0.05, 0) is 17.4 Å². The molecule has 1 rings (SSSR count). The summed E-state index contributed by atoms with van der Waals surface area (Å²) in [4.78, 5) is 10.4. The van der Waals surface area contributed by atoms with Crippen LogP contribution < -0.4 is 0 Å². The summed E-state index contributed by atoms with van der Waals surface area (Å²) in [6.07, 6.45) is 1.60. The zero-order chi connectivity index (χ0) is 8.81. The fourth-order valence-corrected chi connectivity index (χ4v) is 1.17. The van der Waals surface area contributed by atoms with Crippen LogP contribution in [0.15, 0.2) is 30.3 Å². The van der Waals surface area contributed by atoms with E-state index < -0.39 is 0 Å². The molecule has 0 aromatic heterocycles. The summed E-state index contributed by atoms with van der Waals surface area (Å²) in [5.41, 5.74) is 1.15. The predicted molar refractivity (Wildman–Crippen MR) is 53.4 cm³/mol. The van der Waals surface area contributed by atoms with Gasteiger partial charge in [0.05, 0.1) is 0 Å². The normalized spacial score (nSPS) is 12.0. The maximum atomic E-state index is 10.4. The van der Waals surface area contributed by atoms with Gasteiger partial charge in [0.1, 0.15) is 6.29 Å². The number of carbonyl (C=O) groups is 1. The average molecular weight is 178 g/mol. The Morgan fingerprint density at radius 3 is 2.50 bits per heavy atom. The highest BCUT2D eigenvalue weighted by atomic mass is 32.1. The van der Waals surface area contributed by atoms with E-state index in [9.17, 15) is 4.79 Å². The van der Waals surface area contributed by atoms with Crippen LogP contribution in [0.5, 0.6) is 0 Å². The van der Waals surface area contributed by atoms with Gasteiger partial charge in [0.15, 0.2) is 0 Å². The van der Waals surface area contributed by atoms with Gasteiger partial charge < -0.3 is 4.79 Å². The predicted octanol–water partition coefficient (Wildman–Crippen LogP) is 2.04. The average Bonchev–Trinajstić information content (AvgIpc) is 2.16. The minimum atomic E-state index is -0.123. The van der Waals surface area contributed by atoms with Crippen molar-refractivity contribution < 1.29 is 4.79 Å². The Balaban J connectivity index is 2.62. The lowest BCUT2D eigenvalue weighted by molar-refractivity contribution is -0.109. The molecule has 0 aliphatic carbocycles. The van der Waals surface area contributed by atoms with E-state index in [0.29, 0.717) is 6.42 Å². The summed E-state index contributed by atoms with van der Waals surface area (Å²) < 4.78 is 0. The van der Waals surface area contributed by atoms with Gasteiger partial charge in [-0.2, -0.15) is 0 Å². The SMILES string of the molecule is O=CC(C=S)Cc1ccccc1. The third-order valence-electron chi connectivity index (χ3n) is 1.66. The summed E-state index contributed by atoms with van der Waals surface area (Å²) >= 11 is 4.72. The molecule has 0 spiro atoms. The van der Waals surface area contributed by atoms with Crippen molar-refractivity contribution in [2.24, 2.45) is 5.92 Å². The Morgan fingerprint density at radius 2 is 2.00 bits per heavy atom. The molecule has 0 radical (unpaired) electrons. The van der Waals surface area contributed by atoms with Crippen molar-refractivity contribution >= 4 is 23.9 Å². The molecule has 1 atom stereocenters. The Bertz CT molecular complexity index is 248. The Morgan fingerprint density at radius 1 is 1.33 bits per heavy atom. The second kappa shape index (κ2) is 4.78. The summed E-state index contributed by atoms with van der Waals surface area (Å²) in [6.45, 7) is 0. The van der Waals surface area contributed by atoms with Crippen molar-refractivity contribution in [3.05, 3.63) is 35.9 Å². The standard InChI is InChI=1S/C10H10OS/c11-7-10(8-12)6-9-4-2-1-3-5-9/h1-5,7-8,10H,6H2. The maximum Gasteiger partial charge on any atom is 0.128 e. The Hall–Kier alpha value is -1.02. The molecular weight excluding hydrogens is 168 g/mol. The van der Waals surface area contributed by atoms with Gasteiger partial charge in [-0.3, -0.25) is 0 Å². The van der Waals surface area contributed by atoms with Crippen LogP contribution in [0.2, 0.25) is 0 Å². The van der Waals surface area contributed by atoms with Gasteiger partial charge in [0.2, 0.25) is 0 Å². The third kappa shape index (κ3) is 2.55. The van der Waals surface area contributed by atoms with Crippen molar-refractivity contribution in [1.29, 1.82) is 0 Å². The van der Waals surface area contributed by atoms with Crippen molar-refractivity contribution in [3.63, 3.8) is 0 Å². The van der Waals surface area contributed by atoms with E-state index in [1.165, 1.54) is 5.37 Å². The zero-order valence-corrected chi connectivity index (χ0v) is 7.46. The van der Waals surface area contributed by atoms with Crippen LogP contribution in [0.3, 0.4) is 0 Å². The van der Waals surface area contributed by atoms with Crippen LogP contribution in [0, 0.1) is 5.92 Å². The molecule has 1 nitrogen and oxygen atoms in total. The Kier molecular flexibility index (Phi) is 3.61. The first kappa shape index (κ1) is 9.07. The van der Waals surface area contributed by atoms with E-state index in [4.69, 9.17) is 12.2 Å². The topological polar surface area (TPSA) is 17.1 Å². The maximum absolute atomic E-state index is 10.4. The van der Waals surface area contributed by atoms with Crippen molar-refractivity contribution in [2.75, 3.05) is 0 Å². The molecule has 2 heteroatoms. The highest BCUT2D eigenvalue weighted by Crippen LogP contribution is 2.04. The van der Waals surface area contributed by atoms with E-state index in [1.54, 1.807) is 0 Å². The lowest BCUT2D eigenvalue weighted by atomic mass is 10.0. The van der Waals surface area contributed by atoms with E-state index in [2.05, 4.69) is 0 Å². The number of thiocarbonyl (C=S) groups is 1. The number of aldehydes is 1. The first-order chi connectivity index (χ1) is 5.86. The summed E-state index contributed by atoms with van der Waals surface area (Å²) in [6, 6.07) is 9.86. The van der Waals surface area contributed by atoms with Crippen LogP contribution in [-0.4, -0.2) is 11.7 Å². The van der Waals surface area contributed by atoms with E-state index in [-0.39, 0.29) is 5.92 Å². The van der Waals surface area contributed by atoms with Crippen molar-refractivity contribution in [1.82, 2.24) is 0 Å². The monoisotopic (exact) mass is 178 g/mol. The molecule has 0 saturated carbocycles. The van der Waals surface area contributed by atoms with Gasteiger partial charge in [-0.15, -0.1) is 0 Å². The van der Waals surface area contributed by atoms with Crippen LogP contribution in [0.1, 0.15) is 5.56 Å². The molecule has 0 aliphatic rings. The molecule has 1 unspecified atom stereocenters. The molecule has 0 fully saturated rings. The second-order valence-corrected chi connectivity index (χ2v) is 2.90. The van der Waals surface area contributed by atoms with Gasteiger partial charge in [-0.1, -0.05) is 42.5 Å². The molecule has 0 N–H and O–H groups in total. The fraction of sp³-hybridized carbons (Fsp3) is 0.200. The van der Waals surface area contributed by atoms with Gasteiger partial charge >= 0.3 is 0 Å². The highest BCUT2D eigenvalue weighted by molar-refractivity contribution is 7.79. The molecule has 1 aromatic rings. The first-order valence-corrected chi connectivity index (χ1v) is 4.28. The molecule has 0 bridgehead atoms. The fourth-order valence-electron chi connectivity index (χ4n) is 1.01. The molecule has 0 heterocycles. The van der Waals surface area contributed by atoms with Crippen LogP contribution in [-0.2, 0) is 11.2 Å². The Labute approximate surface area is 77.4 Å². The number of rotatable bonds is 4. The summed E-state index contributed by atoms with van der Waals surface area (Å²) in [5.74, 6) is -0.123. The van der Waals surface area contributed by atoms with Crippen molar-refractivity contribution in [3.8, 4) is 0 Å². The number of hydrogen-bond acceptors (Lipinski definition) is 2. The lowest BCUT2D eigenvalue weighted by Crippen LogP contribution is -2.05. The van der Waals surface area contributed by atoms with Gasteiger partial charge in [0, 0.05) is 5.92 Å². The number of hydrogen-bond donors (Lipinski definition) is 0. The minimum absolute atomic E-state index is 0.123. The van der Waals surface area contributed by atoms with Crippen LogP contribution in [0.4, 0.5) is 0 Å². The second-order valence-electron chi connectivity index (χ2n) is 2.63. The summed E-state index contributed by atoms with van der Waals surface area (Å²) in [5, 5.41) is 1.51. The van der Waals surface area contributed by atoms with Crippen LogP contribution >= 0.6 is 12.2 Å². The number of benzene rings is 1. The smallest absolute Gasteiger partial charge is 0.128 e. The summed E-state index contributed by atoms with van der Waals surface area (Å²) in [7, 11) is 0.